The van der Waals surface area contributed by atoms with Crippen molar-refractivity contribution >= 4 is 22.4 Å². The van der Waals surface area contributed by atoms with Gasteiger partial charge in [-0.15, -0.1) is 11.3 Å². The zero-order chi connectivity index (χ0) is 20.2. The molecule has 0 atom stereocenters. The van der Waals surface area contributed by atoms with Crippen LogP contribution in [0.2, 0.25) is 0 Å². The monoisotopic (exact) mass is 417 g/mol. The Balaban J connectivity index is 1.35. The minimum absolute atomic E-state index is 0.275. The van der Waals surface area contributed by atoms with Gasteiger partial charge < -0.3 is 15.0 Å². The minimum Gasteiger partial charge on any atom is -0.493 e. The van der Waals surface area contributed by atoms with Crippen molar-refractivity contribution in [2.24, 2.45) is 5.92 Å². The Hall–Kier alpha value is -2.15. The second kappa shape index (κ2) is 9.11. The molecule has 1 N–H and O–H groups in total. The van der Waals surface area contributed by atoms with Crippen molar-refractivity contribution < 1.29 is 13.9 Å². The summed E-state index contributed by atoms with van der Waals surface area (Å²) < 4.78 is 19.5. The maximum atomic E-state index is 13.8. The van der Waals surface area contributed by atoms with Crippen LogP contribution >= 0.6 is 11.3 Å². The van der Waals surface area contributed by atoms with E-state index in [9.17, 15) is 9.18 Å². The number of unbranched alkanes of at least 4 members (excludes halogenated alkanes) is 1. The Labute approximate surface area is 175 Å². The van der Waals surface area contributed by atoms with Crippen LogP contribution in [-0.2, 0) is 11.2 Å². The number of carbonyl (C=O) groups is 1. The molecule has 5 nitrogen and oxygen atoms in total. The van der Waals surface area contributed by atoms with Gasteiger partial charge in [0.15, 0.2) is 5.13 Å². The highest BCUT2D eigenvalue weighted by Crippen LogP contribution is 2.39. The number of hydrogen-bond donors (Lipinski definition) is 1. The molecule has 0 radical (unpaired) electrons. The molecule has 29 heavy (non-hydrogen) atoms. The lowest BCUT2D eigenvalue weighted by atomic mass is 9.96. The number of thiazole rings is 1. The highest BCUT2D eigenvalue weighted by molar-refractivity contribution is 7.16. The standard InChI is InChI=1S/C22H28FN3O2S/c1-2-3-4-20(27)26-10-7-15(8-11-26)14-24-22-25-21-17-13-16(23)5-6-18(17)28-12-9-19(21)29-22/h5-6,13,15H,2-4,7-12,14H2,1H3,(H,24,25). The summed E-state index contributed by atoms with van der Waals surface area (Å²) in [5, 5.41) is 4.37. The van der Waals surface area contributed by atoms with Crippen LogP contribution in [0.4, 0.5) is 9.52 Å². The second-order valence-electron chi connectivity index (χ2n) is 7.84. The van der Waals surface area contributed by atoms with E-state index < -0.39 is 0 Å². The predicted molar refractivity (Wildman–Crippen MR) is 114 cm³/mol. The molecule has 2 aromatic rings. The van der Waals surface area contributed by atoms with Gasteiger partial charge in [-0.25, -0.2) is 9.37 Å². The van der Waals surface area contributed by atoms with Gasteiger partial charge in [-0.1, -0.05) is 13.3 Å². The molecule has 4 rings (SSSR count). The first-order chi connectivity index (χ1) is 14.1. The summed E-state index contributed by atoms with van der Waals surface area (Å²) in [5.74, 6) is 1.27. The number of amides is 1. The number of halogens is 1. The Morgan fingerprint density at radius 2 is 2.21 bits per heavy atom. The van der Waals surface area contributed by atoms with E-state index >= 15 is 0 Å². The van der Waals surface area contributed by atoms with Crippen molar-refractivity contribution in [3.8, 4) is 17.0 Å². The van der Waals surface area contributed by atoms with Crippen LogP contribution in [0.25, 0.3) is 11.3 Å². The lowest BCUT2D eigenvalue weighted by Gasteiger charge is -2.32. The fourth-order valence-electron chi connectivity index (χ4n) is 3.98. The molecular formula is C22H28FN3O2S. The van der Waals surface area contributed by atoms with Gasteiger partial charge in [0.2, 0.25) is 5.91 Å². The van der Waals surface area contributed by atoms with Gasteiger partial charge in [0, 0.05) is 42.9 Å². The molecule has 1 saturated heterocycles. The Morgan fingerprint density at radius 1 is 1.38 bits per heavy atom. The lowest BCUT2D eigenvalue weighted by Crippen LogP contribution is -2.39. The van der Waals surface area contributed by atoms with Gasteiger partial charge >= 0.3 is 0 Å². The number of likely N-dealkylation sites (tertiary alicyclic amines) is 1. The molecule has 2 aliphatic heterocycles. The van der Waals surface area contributed by atoms with Gasteiger partial charge in [0.05, 0.1) is 12.3 Å². The lowest BCUT2D eigenvalue weighted by molar-refractivity contribution is -0.132. The maximum Gasteiger partial charge on any atom is 0.222 e. The largest absolute Gasteiger partial charge is 0.493 e. The number of fused-ring (bicyclic) bond motifs is 3. The van der Waals surface area contributed by atoms with Gasteiger partial charge in [-0.05, 0) is 43.4 Å². The van der Waals surface area contributed by atoms with Crippen LogP contribution in [0.1, 0.15) is 43.9 Å². The number of ether oxygens (including phenoxy) is 1. The van der Waals surface area contributed by atoms with Crippen LogP contribution in [0.15, 0.2) is 18.2 Å². The van der Waals surface area contributed by atoms with Crippen molar-refractivity contribution in [3.05, 3.63) is 28.9 Å². The van der Waals surface area contributed by atoms with Crippen molar-refractivity contribution in [2.75, 3.05) is 31.6 Å². The highest BCUT2D eigenvalue weighted by atomic mass is 32.1. The third-order valence-corrected chi connectivity index (χ3v) is 6.81. The van der Waals surface area contributed by atoms with Crippen LogP contribution in [0, 0.1) is 11.7 Å². The molecule has 0 aliphatic carbocycles. The van der Waals surface area contributed by atoms with E-state index in [1.165, 1.54) is 12.1 Å². The first kappa shape index (κ1) is 20.1. The number of nitrogens with zero attached hydrogens (tertiary/aromatic N) is 2. The molecule has 0 spiro atoms. The molecule has 1 fully saturated rings. The number of benzene rings is 1. The Kier molecular flexibility index (Phi) is 6.33. The molecule has 0 bridgehead atoms. The van der Waals surface area contributed by atoms with Crippen molar-refractivity contribution in [3.63, 3.8) is 0 Å². The van der Waals surface area contributed by atoms with E-state index in [1.807, 2.05) is 4.90 Å². The summed E-state index contributed by atoms with van der Waals surface area (Å²) in [6.45, 7) is 5.26. The molecule has 0 saturated carbocycles. The van der Waals surface area contributed by atoms with Gasteiger partial charge in [0.1, 0.15) is 11.6 Å². The zero-order valence-corrected chi connectivity index (χ0v) is 17.7. The van der Waals surface area contributed by atoms with Crippen LogP contribution in [0.5, 0.6) is 5.75 Å². The van der Waals surface area contributed by atoms with E-state index in [4.69, 9.17) is 9.72 Å². The maximum absolute atomic E-state index is 13.8. The quantitative estimate of drug-likeness (QED) is 0.739. The van der Waals surface area contributed by atoms with E-state index in [-0.39, 0.29) is 5.82 Å². The average Bonchev–Trinajstić information content (AvgIpc) is 3.07. The normalized spacial score (nSPS) is 16.6. The molecule has 7 heteroatoms. The highest BCUT2D eigenvalue weighted by Gasteiger charge is 2.24. The summed E-state index contributed by atoms with van der Waals surface area (Å²) in [5.41, 5.74) is 1.57. The summed E-state index contributed by atoms with van der Waals surface area (Å²) in [4.78, 5) is 20.1. The summed E-state index contributed by atoms with van der Waals surface area (Å²) in [6.07, 6.45) is 5.55. The van der Waals surface area contributed by atoms with Gasteiger partial charge in [-0.3, -0.25) is 4.79 Å². The van der Waals surface area contributed by atoms with Crippen molar-refractivity contribution in [1.29, 1.82) is 0 Å². The van der Waals surface area contributed by atoms with E-state index in [2.05, 4.69) is 12.2 Å². The van der Waals surface area contributed by atoms with Gasteiger partial charge in [0.25, 0.3) is 0 Å². The number of anilines is 1. The Morgan fingerprint density at radius 3 is 3.00 bits per heavy atom. The van der Waals surface area contributed by atoms with Crippen LogP contribution in [-0.4, -0.2) is 42.0 Å². The number of piperidine rings is 1. The molecule has 156 valence electrons. The second-order valence-corrected chi connectivity index (χ2v) is 8.92. The summed E-state index contributed by atoms with van der Waals surface area (Å²) in [7, 11) is 0. The number of rotatable bonds is 6. The zero-order valence-electron chi connectivity index (χ0n) is 16.9. The van der Waals surface area contributed by atoms with E-state index in [1.54, 1.807) is 17.4 Å². The number of carbonyl (C=O) groups excluding carboxylic acids is 1. The third kappa shape index (κ3) is 4.71. The third-order valence-electron chi connectivity index (χ3n) is 5.73. The predicted octanol–water partition coefficient (Wildman–Crippen LogP) is 4.72. The first-order valence-electron chi connectivity index (χ1n) is 10.6. The smallest absolute Gasteiger partial charge is 0.222 e. The summed E-state index contributed by atoms with van der Waals surface area (Å²) >= 11 is 1.63. The van der Waals surface area contributed by atoms with Crippen LogP contribution in [0.3, 0.4) is 0 Å². The molecule has 1 aromatic heterocycles. The van der Waals surface area contributed by atoms with Crippen molar-refractivity contribution in [1.82, 2.24) is 9.88 Å². The van der Waals surface area contributed by atoms with E-state index in [0.717, 1.165) is 73.0 Å². The molecule has 1 amide bonds. The minimum atomic E-state index is -0.275. The molecule has 0 unspecified atom stereocenters. The van der Waals surface area contributed by atoms with Gasteiger partial charge in [-0.2, -0.15) is 0 Å². The van der Waals surface area contributed by atoms with Crippen molar-refractivity contribution in [2.45, 2.75) is 45.4 Å². The number of hydrogen-bond acceptors (Lipinski definition) is 5. The number of aromatic nitrogens is 1. The Bertz CT molecular complexity index is 862. The fourth-order valence-corrected chi connectivity index (χ4v) is 4.94. The molecule has 1 aromatic carbocycles. The average molecular weight is 418 g/mol. The summed E-state index contributed by atoms with van der Waals surface area (Å²) in [6, 6.07) is 4.62. The van der Waals surface area contributed by atoms with E-state index in [0.29, 0.717) is 30.6 Å². The first-order valence-corrected chi connectivity index (χ1v) is 11.4. The SMILES string of the molecule is CCCCC(=O)N1CCC(CNc2nc3c(s2)CCOc2ccc(F)cc2-3)CC1. The van der Waals surface area contributed by atoms with Crippen LogP contribution < -0.4 is 10.1 Å². The molecule has 2 aliphatic rings. The number of nitrogens with one attached hydrogen (secondary N) is 1. The molecule has 3 heterocycles. The molecular weight excluding hydrogens is 389 g/mol. The fraction of sp³-hybridized carbons (Fsp3) is 0.545. The topological polar surface area (TPSA) is 54.5 Å².